The predicted octanol–water partition coefficient (Wildman–Crippen LogP) is -1.08. The van der Waals surface area contributed by atoms with E-state index in [2.05, 4.69) is 9.46 Å². The Bertz CT molecular complexity index is 269. The van der Waals surface area contributed by atoms with Crippen molar-refractivity contribution in [1.29, 1.82) is 5.26 Å². The standard InChI is InChI=1S/C6H13N3O3S/c1-9(5-3-7)13(10,11)8-4-6-12-2/h8H,4-6H2,1-2H3. The van der Waals surface area contributed by atoms with E-state index < -0.39 is 10.2 Å². The lowest BCUT2D eigenvalue weighted by atomic mass is 10.7. The van der Waals surface area contributed by atoms with Gasteiger partial charge in [-0.05, 0) is 0 Å². The van der Waals surface area contributed by atoms with Crippen molar-refractivity contribution in [3.8, 4) is 6.07 Å². The number of nitrogens with zero attached hydrogens (tertiary/aromatic N) is 2. The molecule has 0 saturated heterocycles. The van der Waals surface area contributed by atoms with Crippen molar-refractivity contribution < 1.29 is 13.2 Å². The summed E-state index contributed by atoms with van der Waals surface area (Å²) in [5.74, 6) is 0. The summed E-state index contributed by atoms with van der Waals surface area (Å²) in [7, 11) is -0.703. The number of nitriles is 1. The van der Waals surface area contributed by atoms with Gasteiger partial charge in [-0.2, -0.15) is 22.7 Å². The largest absolute Gasteiger partial charge is 0.383 e. The van der Waals surface area contributed by atoms with E-state index in [-0.39, 0.29) is 13.1 Å². The lowest BCUT2D eigenvalue weighted by Crippen LogP contribution is -2.39. The van der Waals surface area contributed by atoms with E-state index in [4.69, 9.17) is 5.26 Å². The van der Waals surface area contributed by atoms with Crippen molar-refractivity contribution in [3.05, 3.63) is 0 Å². The van der Waals surface area contributed by atoms with Crippen LogP contribution in [0.25, 0.3) is 0 Å². The molecule has 0 spiro atoms. The first-order valence-corrected chi connectivity index (χ1v) is 5.05. The first-order valence-electron chi connectivity index (χ1n) is 3.61. The fourth-order valence-corrected chi connectivity index (χ4v) is 1.36. The van der Waals surface area contributed by atoms with Crippen molar-refractivity contribution in [3.63, 3.8) is 0 Å². The lowest BCUT2D eigenvalue weighted by Gasteiger charge is -2.13. The SMILES string of the molecule is COCCNS(=O)(=O)N(C)CC#N. The highest BCUT2D eigenvalue weighted by Gasteiger charge is 2.15. The van der Waals surface area contributed by atoms with Crippen molar-refractivity contribution >= 4 is 10.2 Å². The molecule has 0 rings (SSSR count). The van der Waals surface area contributed by atoms with Gasteiger partial charge in [0.05, 0.1) is 12.7 Å². The Balaban J connectivity index is 4.01. The van der Waals surface area contributed by atoms with Crippen molar-refractivity contribution in [1.82, 2.24) is 9.03 Å². The summed E-state index contributed by atoms with van der Waals surface area (Å²) in [5.41, 5.74) is 0. The number of ether oxygens (including phenoxy) is 1. The Morgan fingerprint density at radius 1 is 1.62 bits per heavy atom. The molecule has 0 bridgehead atoms. The van der Waals surface area contributed by atoms with Gasteiger partial charge in [-0.25, -0.2) is 0 Å². The van der Waals surface area contributed by atoms with Crippen molar-refractivity contribution in [2.45, 2.75) is 0 Å². The second kappa shape index (κ2) is 5.88. The molecule has 0 aliphatic rings. The van der Waals surface area contributed by atoms with Crippen LogP contribution in [0.4, 0.5) is 0 Å². The van der Waals surface area contributed by atoms with Crippen molar-refractivity contribution in [2.75, 3.05) is 33.9 Å². The molecule has 0 saturated carbocycles. The molecule has 13 heavy (non-hydrogen) atoms. The summed E-state index contributed by atoms with van der Waals surface area (Å²) in [6.45, 7) is 0.344. The maximum atomic E-state index is 11.2. The third kappa shape index (κ3) is 4.80. The summed E-state index contributed by atoms with van der Waals surface area (Å²) in [6.07, 6.45) is 0. The van der Waals surface area contributed by atoms with Crippen LogP contribution in [-0.4, -0.2) is 46.6 Å². The van der Waals surface area contributed by atoms with Crippen LogP contribution >= 0.6 is 0 Å². The third-order valence-electron chi connectivity index (χ3n) is 1.29. The van der Waals surface area contributed by atoms with Gasteiger partial charge in [0.25, 0.3) is 10.2 Å². The Kier molecular flexibility index (Phi) is 5.57. The molecular weight excluding hydrogens is 194 g/mol. The second-order valence-electron chi connectivity index (χ2n) is 2.31. The zero-order valence-corrected chi connectivity index (χ0v) is 8.47. The number of nitrogens with one attached hydrogen (secondary N) is 1. The van der Waals surface area contributed by atoms with Gasteiger partial charge in [-0.15, -0.1) is 0 Å². The zero-order chi connectivity index (χ0) is 10.3. The fourth-order valence-electron chi connectivity index (χ4n) is 0.567. The third-order valence-corrected chi connectivity index (χ3v) is 2.81. The molecule has 1 N–H and O–H groups in total. The molecule has 0 atom stereocenters. The second-order valence-corrected chi connectivity index (χ2v) is 4.17. The highest BCUT2D eigenvalue weighted by atomic mass is 32.2. The molecule has 0 aromatic carbocycles. The molecule has 76 valence electrons. The lowest BCUT2D eigenvalue weighted by molar-refractivity contribution is 0.204. The molecule has 0 heterocycles. The Hall–Kier alpha value is -0.680. The molecule has 0 aromatic heterocycles. The van der Waals surface area contributed by atoms with E-state index in [1.54, 1.807) is 6.07 Å². The molecular formula is C6H13N3O3S. The normalized spacial score (nSPS) is 11.5. The zero-order valence-electron chi connectivity index (χ0n) is 7.65. The molecule has 0 aliphatic heterocycles. The number of rotatable bonds is 6. The monoisotopic (exact) mass is 207 g/mol. The molecule has 0 aromatic rings. The minimum absolute atomic E-state index is 0.164. The summed E-state index contributed by atoms with van der Waals surface area (Å²) in [5, 5.41) is 8.26. The summed E-state index contributed by atoms with van der Waals surface area (Å²) < 4.78 is 30.3. The van der Waals surface area contributed by atoms with E-state index >= 15 is 0 Å². The van der Waals surface area contributed by atoms with Crippen LogP contribution in [-0.2, 0) is 14.9 Å². The highest BCUT2D eigenvalue weighted by molar-refractivity contribution is 7.87. The van der Waals surface area contributed by atoms with Crippen LogP contribution in [0.2, 0.25) is 0 Å². The quantitative estimate of drug-likeness (QED) is 0.444. The van der Waals surface area contributed by atoms with Crippen LogP contribution in [0.5, 0.6) is 0 Å². The van der Waals surface area contributed by atoms with Gasteiger partial charge in [0.1, 0.15) is 6.54 Å². The van der Waals surface area contributed by atoms with Crippen LogP contribution in [0.1, 0.15) is 0 Å². The Labute approximate surface area is 78.3 Å². The van der Waals surface area contributed by atoms with Gasteiger partial charge in [0.2, 0.25) is 0 Å². The smallest absolute Gasteiger partial charge is 0.280 e. The van der Waals surface area contributed by atoms with E-state index in [9.17, 15) is 8.42 Å². The van der Waals surface area contributed by atoms with E-state index in [1.807, 2.05) is 0 Å². The molecule has 7 heteroatoms. The van der Waals surface area contributed by atoms with E-state index in [1.165, 1.54) is 14.2 Å². The van der Waals surface area contributed by atoms with Crippen LogP contribution < -0.4 is 4.72 Å². The molecule has 0 radical (unpaired) electrons. The average molecular weight is 207 g/mol. The summed E-state index contributed by atoms with van der Waals surface area (Å²) in [6, 6.07) is 1.74. The van der Waals surface area contributed by atoms with Gasteiger partial charge in [-0.3, -0.25) is 0 Å². The summed E-state index contributed by atoms with van der Waals surface area (Å²) in [4.78, 5) is 0. The first kappa shape index (κ1) is 12.3. The number of hydrogen-bond acceptors (Lipinski definition) is 4. The fraction of sp³-hybridized carbons (Fsp3) is 0.833. The molecule has 0 unspecified atom stereocenters. The maximum Gasteiger partial charge on any atom is 0.280 e. The first-order chi connectivity index (χ1) is 6.04. The Morgan fingerprint density at radius 3 is 2.69 bits per heavy atom. The average Bonchev–Trinajstić information content (AvgIpc) is 2.05. The number of methoxy groups -OCH3 is 1. The van der Waals surface area contributed by atoms with Crippen LogP contribution in [0.3, 0.4) is 0 Å². The van der Waals surface area contributed by atoms with Gasteiger partial charge in [0.15, 0.2) is 0 Å². The van der Waals surface area contributed by atoms with Crippen molar-refractivity contribution in [2.24, 2.45) is 0 Å². The maximum absolute atomic E-state index is 11.2. The van der Waals surface area contributed by atoms with E-state index in [0.29, 0.717) is 6.61 Å². The summed E-state index contributed by atoms with van der Waals surface area (Å²) >= 11 is 0. The minimum Gasteiger partial charge on any atom is -0.383 e. The topological polar surface area (TPSA) is 82.4 Å². The van der Waals surface area contributed by atoms with Gasteiger partial charge < -0.3 is 4.74 Å². The van der Waals surface area contributed by atoms with Gasteiger partial charge in [-0.1, -0.05) is 0 Å². The van der Waals surface area contributed by atoms with Gasteiger partial charge >= 0.3 is 0 Å². The number of hydrogen-bond donors (Lipinski definition) is 1. The highest BCUT2D eigenvalue weighted by Crippen LogP contribution is 1.90. The molecule has 0 amide bonds. The van der Waals surface area contributed by atoms with Crippen LogP contribution in [0.15, 0.2) is 0 Å². The Morgan fingerprint density at radius 2 is 2.23 bits per heavy atom. The molecule has 0 aliphatic carbocycles. The predicted molar refractivity (Wildman–Crippen MR) is 47.0 cm³/mol. The minimum atomic E-state index is -3.51. The molecule has 6 nitrogen and oxygen atoms in total. The molecule has 0 fully saturated rings. The van der Waals surface area contributed by atoms with E-state index in [0.717, 1.165) is 4.31 Å². The van der Waals surface area contributed by atoms with Gasteiger partial charge in [0, 0.05) is 20.7 Å². The van der Waals surface area contributed by atoms with Crippen LogP contribution in [0, 0.1) is 11.3 Å².